The molecular weight excluding hydrogens is 344 g/mol. The van der Waals surface area contributed by atoms with E-state index in [1.165, 1.54) is 5.56 Å². The van der Waals surface area contributed by atoms with Crippen molar-refractivity contribution in [1.29, 1.82) is 0 Å². The zero-order valence-electron chi connectivity index (χ0n) is 15.6. The van der Waals surface area contributed by atoms with E-state index in [2.05, 4.69) is 26.0 Å². The van der Waals surface area contributed by atoms with Crippen molar-refractivity contribution in [2.24, 2.45) is 0 Å². The summed E-state index contributed by atoms with van der Waals surface area (Å²) in [5.74, 6) is -0.939. The van der Waals surface area contributed by atoms with Gasteiger partial charge in [0, 0.05) is 0 Å². The maximum Gasteiger partial charge on any atom is 0.336 e. The Hall–Kier alpha value is -2.21. The fraction of sp³-hybridized carbons (Fsp3) is 0.409. The molecule has 2 aliphatic rings. The van der Waals surface area contributed by atoms with Gasteiger partial charge in [0.05, 0.1) is 24.9 Å². The van der Waals surface area contributed by atoms with E-state index >= 15 is 0 Å². The normalized spacial score (nSPS) is 26.4. The highest BCUT2D eigenvalue weighted by Gasteiger charge is 2.49. The smallest absolute Gasteiger partial charge is 0.336 e. The van der Waals surface area contributed by atoms with Gasteiger partial charge in [0.25, 0.3) is 0 Å². The second-order valence-electron chi connectivity index (χ2n) is 7.16. The molecule has 0 amide bonds. The molecule has 4 rings (SSSR count). The van der Waals surface area contributed by atoms with Crippen molar-refractivity contribution in [3.63, 3.8) is 0 Å². The molecule has 0 spiro atoms. The van der Waals surface area contributed by atoms with Gasteiger partial charge in [-0.3, -0.25) is 0 Å². The highest BCUT2D eigenvalue weighted by Crippen LogP contribution is 2.44. The number of rotatable bonds is 5. The number of carbonyl (C=O) groups is 1. The van der Waals surface area contributed by atoms with Crippen LogP contribution < -0.4 is 0 Å². The van der Waals surface area contributed by atoms with Gasteiger partial charge < -0.3 is 19.3 Å². The van der Waals surface area contributed by atoms with Crippen molar-refractivity contribution in [2.45, 2.75) is 57.9 Å². The molecule has 1 fully saturated rings. The van der Waals surface area contributed by atoms with E-state index in [0.717, 1.165) is 17.5 Å². The van der Waals surface area contributed by atoms with Gasteiger partial charge in [0.1, 0.15) is 18.3 Å². The second-order valence-corrected chi connectivity index (χ2v) is 7.16. The van der Waals surface area contributed by atoms with Crippen LogP contribution >= 0.6 is 0 Å². The molecule has 5 heteroatoms. The molecule has 2 aliphatic heterocycles. The molecule has 2 heterocycles. The maximum atomic E-state index is 11.5. The average Bonchev–Trinajstić information content (AvgIpc) is 3.05. The van der Waals surface area contributed by atoms with Gasteiger partial charge in [-0.25, -0.2) is 4.79 Å². The molecular formula is C22H24O5. The number of aryl methyl sites for hydroxylation is 1. The third-order valence-electron chi connectivity index (χ3n) is 5.57. The molecule has 0 unspecified atom stereocenters. The van der Waals surface area contributed by atoms with Gasteiger partial charge in [-0.15, -0.1) is 0 Å². The predicted octanol–water partition coefficient (Wildman–Crippen LogP) is 4.03. The molecule has 1 saturated heterocycles. The van der Waals surface area contributed by atoms with Crippen molar-refractivity contribution in [2.75, 3.05) is 0 Å². The quantitative estimate of drug-likeness (QED) is 0.863. The Bertz CT molecular complexity index is 846. The average molecular weight is 368 g/mol. The van der Waals surface area contributed by atoms with E-state index in [1.807, 2.05) is 18.2 Å². The van der Waals surface area contributed by atoms with Crippen LogP contribution in [0.15, 0.2) is 42.5 Å². The van der Waals surface area contributed by atoms with E-state index in [1.54, 1.807) is 12.1 Å². The lowest BCUT2D eigenvalue weighted by atomic mass is 9.91. The lowest BCUT2D eigenvalue weighted by Crippen LogP contribution is -2.37. The van der Waals surface area contributed by atoms with Crippen LogP contribution in [0.2, 0.25) is 0 Å². The molecule has 2 aromatic rings. The molecule has 2 aromatic carbocycles. The van der Waals surface area contributed by atoms with Crippen molar-refractivity contribution >= 4 is 5.97 Å². The largest absolute Gasteiger partial charge is 0.478 e. The number of carboxylic acid groups (broad SMARTS) is 1. The monoisotopic (exact) mass is 368 g/mol. The number of fused-ring (bicyclic) bond motifs is 3. The van der Waals surface area contributed by atoms with Crippen molar-refractivity contribution in [1.82, 2.24) is 0 Å². The number of aromatic carboxylic acids is 1. The van der Waals surface area contributed by atoms with Crippen LogP contribution in [-0.2, 0) is 27.4 Å². The first-order chi connectivity index (χ1) is 13.1. The number of benzene rings is 2. The number of hydrogen-bond acceptors (Lipinski definition) is 4. The summed E-state index contributed by atoms with van der Waals surface area (Å²) in [7, 11) is 0. The van der Waals surface area contributed by atoms with Gasteiger partial charge in [-0.1, -0.05) is 43.3 Å². The van der Waals surface area contributed by atoms with Gasteiger partial charge in [0.2, 0.25) is 0 Å². The molecule has 0 radical (unpaired) electrons. The Morgan fingerprint density at radius 2 is 2.04 bits per heavy atom. The van der Waals surface area contributed by atoms with E-state index < -0.39 is 5.97 Å². The van der Waals surface area contributed by atoms with Crippen molar-refractivity contribution < 1.29 is 24.1 Å². The molecule has 142 valence electrons. The SMILES string of the molecule is CC[C@H]1O[C@@H]2c3cccc(C(=O)O)c3CO[C@@H]2[C@H]1OCc1ccccc1C. The molecule has 0 aliphatic carbocycles. The van der Waals surface area contributed by atoms with E-state index in [4.69, 9.17) is 14.2 Å². The van der Waals surface area contributed by atoms with Gasteiger partial charge >= 0.3 is 5.97 Å². The van der Waals surface area contributed by atoms with E-state index in [9.17, 15) is 9.90 Å². The van der Waals surface area contributed by atoms with Crippen molar-refractivity contribution in [3.8, 4) is 0 Å². The molecule has 0 saturated carbocycles. The summed E-state index contributed by atoms with van der Waals surface area (Å²) < 4.78 is 18.6. The van der Waals surface area contributed by atoms with E-state index in [0.29, 0.717) is 12.2 Å². The highest BCUT2D eigenvalue weighted by atomic mass is 16.6. The number of hydrogen-bond donors (Lipinski definition) is 1. The zero-order chi connectivity index (χ0) is 19.0. The summed E-state index contributed by atoms with van der Waals surface area (Å²) in [6.45, 7) is 4.92. The third kappa shape index (κ3) is 3.27. The maximum absolute atomic E-state index is 11.5. The summed E-state index contributed by atoms with van der Waals surface area (Å²) >= 11 is 0. The lowest BCUT2D eigenvalue weighted by molar-refractivity contribution is -0.0863. The van der Waals surface area contributed by atoms with Crippen LogP contribution in [0.4, 0.5) is 0 Å². The Morgan fingerprint density at radius 3 is 2.78 bits per heavy atom. The minimum absolute atomic E-state index is 0.0801. The minimum atomic E-state index is -0.939. The van der Waals surface area contributed by atoms with E-state index in [-0.39, 0.29) is 36.6 Å². The summed E-state index contributed by atoms with van der Waals surface area (Å²) in [6.07, 6.45) is 0.0306. The van der Waals surface area contributed by atoms with Crippen LogP contribution in [0.25, 0.3) is 0 Å². The molecule has 1 N–H and O–H groups in total. The first-order valence-corrected chi connectivity index (χ1v) is 9.38. The zero-order valence-corrected chi connectivity index (χ0v) is 15.6. The third-order valence-corrected chi connectivity index (χ3v) is 5.57. The predicted molar refractivity (Wildman–Crippen MR) is 99.6 cm³/mol. The van der Waals surface area contributed by atoms with Gasteiger partial charge in [-0.05, 0) is 41.7 Å². The minimum Gasteiger partial charge on any atom is -0.478 e. The Kier molecular flexibility index (Phi) is 5.00. The van der Waals surface area contributed by atoms with Crippen LogP contribution in [0, 0.1) is 6.92 Å². The fourth-order valence-corrected chi connectivity index (χ4v) is 4.06. The standard InChI is InChI=1S/C22H24O5/c1-3-18-20(25-11-14-8-5-4-7-13(14)2)21-19(27-18)15-9-6-10-16(22(23)24)17(15)12-26-21/h4-10,18-21H,3,11-12H2,1-2H3,(H,23,24)/t18-,19-,20+,21+/m1/s1. The first kappa shape index (κ1) is 18.2. The Balaban J connectivity index is 1.58. The van der Waals surface area contributed by atoms with Gasteiger partial charge in [0.15, 0.2) is 0 Å². The molecule has 5 nitrogen and oxygen atoms in total. The number of ether oxygens (including phenoxy) is 3. The molecule has 0 bridgehead atoms. The topological polar surface area (TPSA) is 65.0 Å². The highest BCUT2D eigenvalue weighted by molar-refractivity contribution is 5.89. The van der Waals surface area contributed by atoms with Gasteiger partial charge in [-0.2, -0.15) is 0 Å². The van der Waals surface area contributed by atoms with Crippen LogP contribution in [0.3, 0.4) is 0 Å². The molecule has 4 atom stereocenters. The summed E-state index contributed by atoms with van der Waals surface area (Å²) in [5.41, 5.74) is 4.25. The van der Waals surface area contributed by atoms with Crippen LogP contribution in [0.5, 0.6) is 0 Å². The Labute approximate surface area is 158 Å². The molecule has 0 aromatic heterocycles. The first-order valence-electron chi connectivity index (χ1n) is 9.38. The summed E-state index contributed by atoms with van der Waals surface area (Å²) in [5, 5.41) is 9.45. The van der Waals surface area contributed by atoms with Crippen LogP contribution in [0.1, 0.15) is 52.1 Å². The summed E-state index contributed by atoms with van der Waals surface area (Å²) in [6, 6.07) is 13.5. The number of carboxylic acids is 1. The lowest BCUT2D eigenvalue weighted by Gasteiger charge is -2.31. The van der Waals surface area contributed by atoms with Crippen molar-refractivity contribution in [3.05, 3.63) is 70.3 Å². The Morgan fingerprint density at radius 1 is 1.22 bits per heavy atom. The fourth-order valence-electron chi connectivity index (χ4n) is 4.06. The summed E-state index contributed by atoms with van der Waals surface area (Å²) in [4.78, 5) is 11.5. The van der Waals surface area contributed by atoms with Crippen LogP contribution in [-0.4, -0.2) is 29.4 Å². The second kappa shape index (κ2) is 7.43. The molecule has 27 heavy (non-hydrogen) atoms.